The molecule has 1 aromatic carbocycles. The Labute approximate surface area is 150 Å². The first kappa shape index (κ1) is 15.4. The van der Waals surface area contributed by atoms with E-state index in [-0.39, 0.29) is 0 Å². The summed E-state index contributed by atoms with van der Waals surface area (Å²) in [5.74, 6) is 0.949. The predicted octanol–water partition coefficient (Wildman–Crippen LogP) is 4.19. The molecule has 0 unspecified atom stereocenters. The van der Waals surface area contributed by atoms with Crippen LogP contribution in [-0.2, 0) is 0 Å². The van der Waals surface area contributed by atoms with Gasteiger partial charge in [0.15, 0.2) is 0 Å². The molecule has 0 N–H and O–H groups in total. The molecule has 4 nitrogen and oxygen atoms in total. The Morgan fingerprint density at radius 1 is 1.00 bits per heavy atom. The summed E-state index contributed by atoms with van der Waals surface area (Å²) < 4.78 is 0. The quantitative estimate of drug-likeness (QED) is 0.704. The first-order valence-corrected chi connectivity index (χ1v) is 9.22. The molecule has 3 heterocycles. The van der Waals surface area contributed by atoms with Crippen LogP contribution in [0.15, 0.2) is 53.5 Å². The highest BCUT2D eigenvalue weighted by Gasteiger charge is 2.19. The van der Waals surface area contributed by atoms with E-state index in [1.165, 1.54) is 5.69 Å². The number of thiophene rings is 1. The first-order valence-electron chi connectivity index (χ1n) is 7.90. The fourth-order valence-corrected chi connectivity index (χ4v) is 3.76. The molecule has 0 bridgehead atoms. The second-order valence-electron chi connectivity index (χ2n) is 5.73. The van der Waals surface area contributed by atoms with Crippen LogP contribution in [0.2, 0.25) is 5.02 Å². The summed E-state index contributed by atoms with van der Waals surface area (Å²) in [5.41, 5.74) is 3.25. The molecule has 0 radical (unpaired) electrons. The fraction of sp³-hybridized carbons (Fsp3) is 0.222. The van der Waals surface area contributed by atoms with Crippen molar-refractivity contribution in [1.82, 2.24) is 9.97 Å². The summed E-state index contributed by atoms with van der Waals surface area (Å²) >= 11 is 7.78. The summed E-state index contributed by atoms with van der Waals surface area (Å²) in [6.45, 7) is 3.75. The minimum absolute atomic E-state index is 0.782. The number of hydrogen-bond donors (Lipinski definition) is 0. The van der Waals surface area contributed by atoms with Gasteiger partial charge in [-0.1, -0.05) is 17.7 Å². The van der Waals surface area contributed by atoms with Gasteiger partial charge in [-0.3, -0.25) is 4.98 Å². The van der Waals surface area contributed by atoms with Gasteiger partial charge in [-0.25, -0.2) is 4.98 Å². The van der Waals surface area contributed by atoms with Gasteiger partial charge in [-0.05, 0) is 29.6 Å². The normalized spacial score (nSPS) is 14.9. The number of halogens is 1. The molecule has 0 aliphatic carbocycles. The van der Waals surface area contributed by atoms with E-state index in [9.17, 15) is 0 Å². The third-order valence-electron chi connectivity index (χ3n) is 4.22. The smallest absolute Gasteiger partial charge is 0.147 e. The van der Waals surface area contributed by atoms with Gasteiger partial charge in [0.1, 0.15) is 5.82 Å². The second-order valence-corrected chi connectivity index (χ2v) is 6.94. The molecule has 0 saturated carbocycles. The van der Waals surface area contributed by atoms with E-state index in [0.29, 0.717) is 0 Å². The molecular weight excluding hydrogens is 340 g/mol. The molecule has 6 heteroatoms. The van der Waals surface area contributed by atoms with E-state index in [1.807, 2.05) is 30.6 Å². The number of rotatable bonds is 3. The molecule has 24 heavy (non-hydrogen) atoms. The van der Waals surface area contributed by atoms with E-state index >= 15 is 0 Å². The summed E-state index contributed by atoms with van der Waals surface area (Å²) in [6.07, 6.45) is 3.68. The molecule has 1 fully saturated rings. The highest BCUT2D eigenvalue weighted by Crippen LogP contribution is 2.24. The largest absolute Gasteiger partial charge is 0.368 e. The summed E-state index contributed by atoms with van der Waals surface area (Å²) in [4.78, 5) is 13.8. The van der Waals surface area contributed by atoms with Gasteiger partial charge in [-0.15, -0.1) is 0 Å². The van der Waals surface area contributed by atoms with E-state index in [0.717, 1.165) is 48.3 Å². The predicted molar refractivity (Wildman–Crippen MR) is 101 cm³/mol. The molecule has 0 amide bonds. The molecule has 1 saturated heterocycles. The lowest BCUT2D eigenvalue weighted by atomic mass is 10.2. The summed E-state index contributed by atoms with van der Waals surface area (Å²) in [7, 11) is 0. The maximum absolute atomic E-state index is 6.10. The standard InChI is InChI=1S/C18H17ClN4S/c19-15-2-1-3-16(10-15)22-5-7-23(8-6-22)18-12-20-11-17(21-18)14-4-9-24-13-14/h1-4,9-13H,5-8H2. The van der Waals surface area contributed by atoms with Crippen LogP contribution in [0.5, 0.6) is 0 Å². The van der Waals surface area contributed by atoms with Crippen LogP contribution >= 0.6 is 22.9 Å². The Bertz CT molecular complexity index is 813. The van der Waals surface area contributed by atoms with Gasteiger partial charge >= 0.3 is 0 Å². The van der Waals surface area contributed by atoms with Crippen molar-refractivity contribution in [3.05, 3.63) is 58.5 Å². The molecule has 1 aliphatic rings. The Hall–Kier alpha value is -2.11. The first-order chi connectivity index (χ1) is 11.8. The van der Waals surface area contributed by atoms with Gasteiger partial charge in [-0.2, -0.15) is 11.3 Å². The number of anilines is 2. The van der Waals surface area contributed by atoms with Crippen LogP contribution < -0.4 is 9.80 Å². The number of aromatic nitrogens is 2. The average Bonchev–Trinajstić information content (AvgIpc) is 3.17. The molecule has 1 aliphatic heterocycles. The number of benzene rings is 1. The minimum atomic E-state index is 0.782. The minimum Gasteiger partial charge on any atom is -0.368 e. The molecule has 3 aromatic rings. The molecule has 122 valence electrons. The van der Waals surface area contributed by atoms with Gasteiger partial charge < -0.3 is 9.80 Å². The zero-order valence-corrected chi connectivity index (χ0v) is 14.7. The van der Waals surface area contributed by atoms with Crippen LogP contribution in [0.3, 0.4) is 0 Å². The lowest BCUT2D eigenvalue weighted by Crippen LogP contribution is -2.46. The Morgan fingerprint density at radius 3 is 2.58 bits per heavy atom. The zero-order valence-electron chi connectivity index (χ0n) is 13.1. The van der Waals surface area contributed by atoms with Gasteiger partial charge in [0.05, 0.1) is 18.1 Å². The fourth-order valence-electron chi connectivity index (χ4n) is 2.92. The van der Waals surface area contributed by atoms with Crippen LogP contribution in [0.25, 0.3) is 11.3 Å². The monoisotopic (exact) mass is 356 g/mol. The van der Waals surface area contributed by atoms with Crippen LogP contribution in [0.1, 0.15) is 0 Å². The Balaban J connectivity index is 1.47. The van der Waals surface area contributed by atoms with Crippen molar-refractivity contribution in [2.24, 2.45) is 0 Å². The van der Waals surface area contributed by atoms with Crippen molar-refractivity contribution >= 4 is 34.4 Å². The zero-order chi connectivity index (χ0) is 16.4. The molecular formula is C18H17ClN4S. The lowest BCUT2D eigenvalue weighted by Gasteiger charge is -2.36. The number of nitrogens with zero attached hydrogens (tertiary/aromatic N) is 4. The molecule has 0 spiro atoms. The third kappa shape index (κ3) is 3.23. The maximum atomic E-state index is 6.10. The van der Waals surface area contributed by atoms with E-state index in [4.69, 9.17) is 16.6 Å². The van der Waals surface area contributed by atoms with Crippen molar-refractivity contribution < 1.29 is 0 Å². The van der Waals surface area contributed by atoms with Crippen molar-refractivity contribution in [1.29, 1.82) is 0 Å². The lowest BCUT2D eigenvalue weighted by molar-refractivity contribution is 0.646. The van der Waals surface area contributed by atoms with Gasteiger partial charge in [0.25, 0.3) is 0 Å². The maximum Gasteiger partial charge on any atom is 0.147 e. The number of piperazine rings is 1. The van der Waals surface area contributed by atoms with Crippen molar-refractivity contribution in [2.75, 3.05) is 36.0 Å². The summed E-state index contributed by atoms with van der Waals surface area (Å²) in [5, 5.41) is 4.95. The SMILES string of the molecule is Clc1cccc(N2CCN(c3cncc(-c4ccsc4)n3)CC2)c1. The van der Waals surface area contributed by atoms with Gasteiger partial charge in [0, 0.05) is 47.8 Å². The molecule has 2 aromatic heterocycles. The van der Waals surface area contributed by atoms with Crippen molar-refractivity contribution in [3.63, 3.8) is 0 Å². The molecule has 4 rings (SSSR count). The highest BCUT2D eigenvalue weighted by atomic mass is 35.5. The third-order valence-corrected chi connectivity index (χ3v) is 5.13. The topological polar surface area (TPSA) is 32.3 Å². The van der Waals surface area contributed by atoms with Crippen molar-refractivity contribution in [3.8, 4) is 11.3 Å². The second kappa shape index (κ2) is 6.79. The van der Waals surface area contributed by atoms with Crippen LogP contribution in [0, 0.1) is 0 Å². The number of hydrogen-bond acceptors (Lipinski definition) is 5. The van der Waals surface area contributed by atoms with Crippen LogP contribution in [0.4, 0.5) is 11.5 Å². The Kier molecular flexibility index (Phi) is 4.36. The van der Waals surface area contributed by atoms with Crippen molar-refractivity contribution in [2.45, 2.75) is 0 Å². The van der Waals surface area contributed by atoms with Crippen LogP contribution in [-0.4, -0.2) is 36.1 Å². The van der Waals surface area contributed by atoms with Gasteiger partial charge in [0.2, 0.25) is 0 Å². The highest BCUT2D eigenvalue weighted by molar-refractivity contribution is 7.08. The average molecular weight is 357 g/mol. The summed E-state index contributed by atoms with van der Waals surface area (Å²) in [6, 6.07) is 10.1. The molecule has 0 atom stereocenters. The van der Waals surface area contributed by atoms with E-state index in [2.05, 4.69) is 37.7 Å². The van der Waals surface area contributed by atoms with E-state index < -0.39 is 0 Å². The van der Waals surface area contributed by atoms with E-state index in [1.54, 1.807) is 11.3 Å². The Morgan fingerprint density at radius 2 is 1.83 bits per heavy atom.